The molecule has 6 rings (SSSR count). The summed E-state index contributed by atoms with van der Waals surface area (Å²) >= 11 is 1.21. The first-order valence-corrected chi connectivity index (χ1v) is 17.4. The zero-order valence-corrected chi connectivity index (χ0v) is 28.5. The van der Waals surface area contributed by atoms with E-state index in [0.717, 1.165) is 43.5 Å². The van der Waals surface area contributed by atoms with E-state index >= 15 is 0 Å². The highest BCUT2D eigenvalue weighted by Crippen LogP contribution is 2.42. The van der Waals surface area contributed by atoms with Gasteiger partial charge in [0.25, 0.3) is 0 Å². The standard InChI is InChI=1S/C32H39F3N6O8S/c1-16(42)47-14-25-30(48-17(2)43)28(41-12-23(37-39-41)19-9-20(33)27(35)21(34)10-19)31(45-3)32(49-25)50-26-15-46-13-24(29(26)44)40-11-22(36-38-40)18-7-5-4-6-8-18/h9-12,18,24-26,28-32,44H,4-8,13-15H2,1-3H3. The lowest BCUT2D eigenvalue weighted by atomic mass is 9.87. The number of halogens is 3. The van der Waals surface area contributed by atoms with Crippen molar-refractivity contribution in [2.45, 2.75) is 99.1 Å². The van der Waals surface area contributed by atoms with Gasteiger partial charge in [0.15, 0.2) is 23.6 Å². The van der Waals surface area contributed by atoms with Gasteiger partial charge in [-0.2, -0.15) is 0 Å². The number of benzene rings is 1. The zero-order valence-electron chi connectivity index (χ0n) is 27.7. The number of nitrogens with zero attached hydrogens (tertiary/aromatic N) is 6. The van der Waals surface area contributed by atoms with Crippen LogP contribution in [0.2, 0.25) is 0 Å². The molecular formula is C32H39F3N6O8S. The Labute approximate surface area is 289 Å². The van der Waals surface area contributed by atoms with E-state index in [0.29, 0.717) is 5.92 Å². The van der Waals surface area contributed by atoms with Gasteiger partial charge in [0.05, 0.1) is 36.5 Å². The van der Waals surface area contributed by atoms with Crippen LogP contribution in [-0.4, -0.2) is 109 Å². The molecule has 1 saturated carbocycles. The average molecular weight is 725 g/mol. The van der Waals surface area contributed by atoms with E-state index in [4.69, 9.17) is 23.7 Å². The number of esters is 2. The Balaban J connectivity index is 1.29. The maximum Gasteiger partial charge on any atom is 0.303 e. The van der Waals surface area contributed by atoms with Crippen LogP contribution >= 0.6 is 11.8 Å². The number of aliphatic hydroxyl groups excluding tert-OH is 1. The number of methoxy groups -OCH3 is 1. The van der Waals surface area contributed by atoms with Crippen molar-refractivity contribution in [3.8, 4) is 11.3 Å². The van der Waals surface area contributed by atoms with Crippen LogP contribution in [0.4, 0.5) is 13.2 Å². The molecule has 272 valence electrons. The second-order valence-corrected chi connectivity index (χ2v) is 14.0. The molecule has 8 atom stereocenters. The molecule has 3 aliphatic rings. The molecule has 8 unspecified atom stereocenters. The maximum absolute atomic E-state index is 14.1. The molecule has 50 heavy (non-hydrogen) atoms. The largest absolute Gasteiger partial charge is 0.463 e. The van der Waals surface area contributed by atoms with Gasteiger partial charge in [-0.05, 0) is 25.0 Å². The lowest BCUT2D eigenvalue weighted by molar-refractivity contribution is -0.208. The molecular weight excluding hydrogens is 685 g/mol. The van der Waals surface area contributed by atoms with Gasteiger partial charge in [0.2, 0.25) is 0 Å². The van der Waals surface area contributed by atoms with Crippen molar-refractivity contribution in [1.82, 2.24) is 30.0 Å². The Morgan fingerprint density at radius 2 is 1.70 bits per heavy atom. The third kappa shape index (κ3) is 7.83. The van der Waals surface area contributed by atoms with Crippen molar-refractivity contribution in [2.75, 3.05) is 26.9 Å². The fraction of sp³-hybridized carbons (Fsp3) is 0.625. The predicted molar refractivity (Wildman–Crippen MR) is 169 cm³/mol. The zero-order chi connectivity index (χ0) is 35.5. The van der Waals surface area contributed by atoms with Crippen molar-refractivity contribution < 1.29 is 51.6 Å². The topological polar surface area (TPSA) is 162 Å². The van der Waals surface area contributed by atoms with Gasteiger partial charge in [-0.25, -0.2) is 22.5 Å². The molecule has 3 fully saturated rings. The first-order chi connectivity index (χ1) is 24.0. The number of carbonyl (C=O) groups excluding carboxylic acids is 2. The number of carbonyl (C=O) groups is 2. The molecule has 2 saturated heterocycles. The van der Waals surface area contributed by atoms with Gasteiger partial charge < -0.3 is 28.8 Å². The van der Waals surface area contributed by atoms with Crippen molar-refractivity contribution in [1.29, 1.82) is 0 Å². The molecule has 1 N–H and O–H groups in total. The summed E-state index contributed by atoms with van der Waals surface area (Å²) < 4.78 is 74.1. The summed E-state index contributed by atoms with van der Waals surface area (Å²) in [5.74, 6) is -5.40. The fourth-order valence-electron chi connectivity index (χ4n) is 6.80. The number of aliphatic hydroxyl groups is 1. The van der Waals surface area contributed by atoms with Crippen molar-refractivity contribution in [3.63, 3.8) is 0 Å². The highest BCUT2D eigenvalue weighted by Gasteiger charge is 2.52. The molecule has 1 aromatic carbocycles. The number of hydrogen-bond donors (Lipinski definition) is 1. The molecule has 0 amide bonds. The summed E-state index contributed by atoms with van der Waals surface area (Å²) in [6, 6.07) is 0.0406. The van der Waals surface area contributed by atoms with E-state index < -0.39 is 76.6 Å². The van der Waals surface area contributed by atoms with Gasteiger partial charge in [-0.1, -0.05) is 29.7 Å². The predicted octanol–water partition coefficient (Wildman–Crippen LogP) is 3.51. The SMILES string of the molecule is COC1C(SC2COCC(n3cc(C4CCCCC4)nn3)C2O)OC(COC(C)=O)C(OC(C)=O)C1n1cc(-c2cc(F)c(F)c(F)c2)nn1. The minimum atomic E-state index is -1.63. The van der Waals surface area contributed by atoms with Gasteiger partial charge >= 0.3 is 11.9 Å². The molecule has 3 aromatic rings. The number of hydrogen-bond acceptors (Lipinski definition) is 13. The van der Waals surface area contributed by atoms with Crippen LogP contribution in [0.1, 0.15) is 69.6 Å². The summed E-state index contributed by atoms with van der Waals surface area (Å²) in [6.45, 7) is 2.46. The number of aromatic nitrogens is 6. The molecule has 2 aromatic heterocycles. The van der Waals surface area contributed by atoms with E-state index in [9.17, 15) is 27.9 Å². The van der Waals surface area contributed by atoms with Crippen LogP contribution in [0.25, 0.3) is 11.3 Å². The minimum Gasteiger partial charge on any atom is -0.463 e. The van der Waals surface area contributed by atoms with Crippen molar-refractivity contribution >= 4 is 23.7 Å². The smallest absolute Gasteiger partial charge is 0.303 e. The van der Waals surface area contributed by atoms with Crippen LogP contribution in [0.5, 0.6) is 0 Å². The quantitative estimate of drug-likeness (QED) is 0.239. The normalized spacial score (nSPS) is 29.1. The minimum absolute atomic E-state index is 0.00849. The summed E-state index contributed by atoms with van der Waals surface area (Å²) in [5.41, 5.74) is -0.0896. The molecule has 18 heteroatoms. The lowest BCUT2D eigenvalue weighted by Crippen LogP contribution is -2.58. The summed E-state index contributed by atoms with van der Waals surface area (Å²) in [5, 5.41) is 28.0. The lowest BCUT2D eigenvalue weighted by Gasteiger charge is -2.46. The van der Waals surface area contributed by atoms with Gasteiger partial charge in [0, 0.05) is 38.6 Å². The van der Waals surface area contributed by atoms with Gasteiger partial charge in [-0.15, -0.1) is 22.0 Å². The van der Waals surface area contributed by atoms with E-state index in [1.54, 1.807) is 4.68 Å². The molecule has 1 aliphatic carbocycles. The molecule has 4 heterocycles. The summed E-state index contributed by atoms with van der Waals surface area (Å²) in [7, 11) is 1.41. The fourth-order valence-corrected chi connectivity index (χ4v) is 8.29. The molecule has 0 spiro atoms. The molecule has 0 radical (unpaired) electrons. The van der Waals surface area contributed by atoms with E-state index in [1.165, 1.54) is 50.0 Å². The Kier molecular flexibility index (Phi) is 11.4. The Morgan fingerprint density at radius 1 is 0.980 bits per heavy atom. The highest BCUT2D eigenvalue weighted by atomic mass is 32.2. The maximum atomic E-state index is 14.1. The monoisotopic (exact) mass is 724 g/mol. The third-order valence-corrected chi connectivity index (χ3v) is 10.7. The summed E-state index contributed by atoms with van der Waals surface area (Å²) in [6.07, 6.45) is 4.73. The second kappa shape index (κ2) is 15.8. The Morgan fingerprint density at radius 3 is 2.38 bits per heavy atom. The Hall–Kier alpha value is -3.58. The second-order valence-electron chi connectivity index (χ2n) is 12.7. The van der Waals surface area contributed by atoms with Crippen LogP contribution in [0.15, 0.2) is 24.5 Å². The van der Waals surface area contributed by atoms with Crippen molar-refractivity contribution in [2.24, 2.45) is 0 Å². The first-order valence-electron chi connectivity index (χ1n) is 16.4. The number of ether oxygens (including phenoxy) is 5. The van der Waals surface area contributed by atoms with Crippen LogP contribution in [-0.2, 0) is 33.3 Å². The van der Waals surface area contributed by atoms with Crippen LogP contribution in [0.3, 0.4) is 0 Å². The molecule has 14 nitrogen and oxygen atoms in total. The van der Waals surface area contributed by atoms with Crippen LogP contribution < -0.4 is 0 Å². The molecule has 0 bridgehead atoms. The number of thioether (sulfide) groups is 1. The van der Waals surface area contributed by atoms with Crippen LogP contribution in [0, 0.1) is 17.5 Å². The number of rotatable bonds is 10. The average Bonchev–Trinajstić information content (AvgIpc) is 3.79. The van der Waals surface area contributed by atoms with E-state index in [1.807, 2.05) is 6.20 Å². The molecule has 2 aliphatic heterocycles. The van der Waals surface area contributed by atoms with Gasteiger partial charge in [0.1, 0.15) is 42.0 Å². The highest BCUT2D eigenvalue weighted by molar-refractivity contribution is 8.00. The third-order valence-electron chi connectivity index (χ3n) is 9.28. The van der Waals surface area contributed by atoms with Gasteiger partial charge in [-0.3, -0.25) is 9.59 Å². The Bertz CT molecular complexity index is 1630. The van der Waals surface area contributed by atoms with Crippen molar-refractivity contribution in [3.05, 3.63) is 47.7 Å². The van der Waals surface area contributed by atoms with E-state index in [-0.39, 0.29) is 31.1 Å². The summed E-state index contributed by atoms with van der Waals surface area (Å²) in [4.78, 5) is 24.2. The first kappa shape index (κ1) is 36.2. The van der Waals surface area contributed by atoms with E-state index in [2.05, 4.69) is 20.6 Å².